The SMILES string of the molecule is CC1CC(C)(C)C1.CC1CC(C)(C)C1.CC1CC(C)C1C.CC1CC(C)C1C.CC1CCC1(C)C.CCC1(C)CCC1.CCC1CC(C)C1.CCC1CC(C)C1.CCC1CCC1C.CCC1CC[C@@H]1C.C[C@H]1CCC1(C)C. The van der Waals surface area contributed by atoms with E-state index in [9.17, 15) is 0 Å². The van der Waals surface area contributed by atoms with Gasteiger partial charge in [-0.2, -0.15) is 0 Å². The number of hydrogen-bond donors (Lipinski definition) is 0. The van der Waals surface area contributed by atoms with Gasteiger partial charge in [-0.15, -0.1) is 0 Å². The third-order valence-corrected chi connectivity index (χ3v) is 24.9. The number of hydrogen-bond acceptors (Lipinski definition) is 0. The van der Waals surface area contributed by atoms with E-state index in [1.54, 1.807) is 0 Å². The van der Waals surface area contributed by atoms with Crippen molar-refractivity contribution in [2.45, 2.75) is 361 Å². The van der Waals surface area contributed by atoms with Crippen LogP contribution in [-0.4, -0.2) is 0 Å². The molecule has 0 heteroatoms. The molecule has 11 rings (SSSR count). The van der Waals surface area contributed by atoms with Crippen LogP contribution in [-0.2, 0) is 0 Å². The van der Waals surface area contributed by atoms with Crippen LogP contribution in [0, 0.1) is 134 Å². The predicted molar refractivity (Wildman–Crippen MR) is 354 cm³/mol. The second-order valence-electron chi connectivity index (χ2n) is 34.5. The fourth-order valence-electron chi connectivity index (χ4n) is 15.1. The van der Waals surface area contributed by atoms with Crippen molar-refractivity contribution in [3.63, 3.8) is 0 Å². The standard InChI is InChI=1S/11C7H14/c2*1-6-4-7(2,3)5-6;2*1-6-4-5-7(6,2)3;2*1-5-4-6(2)7(5)3;2*1-3-7-4-6(2)5-7;1-3-7(2)5-4-6-7;2*1-3-7-5-4-6(7)2/h4*6H,4-5H2,1-3H3;2*5-7H,4H2,1-3H3;2*6-7H,3-5H2,1-2H3;3-6H2,1-2H3;2*6-7H,3-5H2,1-2H3/t;;6-;;;;;;;6-,7?;/m..0......0./s1. The fraction of sp³-hybridized carbons (Fsp3) is 1.00. The lowest BCUT2D eigenvalue weighted by molar-refractivity contribution is 0.0891. The fourth-order valence-corrected chi connectivity index (χ4v) is 15.1. The summed E-state index contributed by atoms with van der Waals surface area (Å²) in [4.78, 5) is 0. The Labute approximate surface area is 491 Å². The molecule has 462 valence electrons. The van der Waals surface area contributed by atoms with Crippen LogP contribution in [0.3, 0.4) is 0 Å². The molecule has 0 N–H and O–H groups in total. The van der Waals surface area contributed by atoms with Crippen molar-refractivity contribution >= 4 is 0 Å². The molecule has 11 fully saturated rings. The Morgan fingerprint density at radius 1 is 0.312 bits per heavy atom. The second kappa shape index (κ2) is 35.3. The van der Waals surface area contributed by atoms with Crippen LogP contribution in [0.25, 0.3) is 0 Å². The van der Waals surface area contributed by atoms with E-state index < -0.39 is 0 Å². The van der Waals surface area contributed by atoms with Gasteiger partial charge in [0.25, 0.3) is 0 Å². The maximum Gasteiger partial charge on any atom is -0.0328 e. The summed E-state index contributed by atoms with van der Waals surface area (Å²) >= 11 is 0. The van der Waals surface area contributed by atoms with E-state index >= 15 is 0 Å². The van der Waals surface area contributed by atoms with E-state index in [0.29, 0.717) is 21.7 Å². The Kier molecular flexibility index (Phi) is 34.4. The van der Waals surface area contributed by atoms with Crippen molar-refractivity contribution in [1.82, 2.24) is 0 Å². The van der Waals surface area contributed by atoms with Crippen molar-refractivity contribution in [2.75, 3.05) is 0 Å². The minimum absolute atomic E-state index is 0.681. The summed E-state index contributed by atoms with van der Waals surface area (Å²) in [7, 11) is 0. The van der Waals surface area contributed by atoms with Gasteiger partial charge in [0.2, 0.25) is 0 Å². The molecule has 77 heavy (non-hydrogen) atoms. The molecule has 0 radical (unpaired) electrons. The molecule has 0 aromatic heterocycles. The summed E-state index contributed by atoms with van der Waals surface area (Å²) in [6.07, 6.45) is 37.8. The molecule has 8 unspecified atom stereocenters. The highest BCUT2D eigenvalue weighted by Gasteiger charge is 2.36. The van der Waals surface area contributed by atoms with E-state index in [0.717, 1.165) is 112 Å². The predicted octanol–water partition coefficient (Wildman–Crippen LogP) is 26.7. The molecular formula is C77H154. The first-order valence-electron chi connectivity index (χ1n) is 35.5. The van der Waals surface area contributed by atoms with Crippen LogP contribution in [0.4, 0.5) is 0 Å². The summed E-state index contributed by atoms with van der Waals surface area (Å²) in [5, 5.41) is 0. The van der Waals surface area contributed by atoms with Crippen LogP contribution < -0.4 is 0 Å². The molecule has 0 spiro atoms. The Morgan fingerprint density at radius 2 is 0.597 bits per heavy atom. The topological polar surface area (TPSA) is 0 Å². The highest BCUT2D eigenvalue weighted by molar-refractivity contribution is 4.87. The first-order valence-corrected chi connectivity index (χ1v) is 35.5. The van der Waals surface area contributed by atoms with Crippen molar-refractivity contribution in [3.8, 4) is 0 Å². The quantitative estimate of drug-likeness (QED) is 0.257. The lowest BCUT2D eigenvalue weighted by atomic mass is 9.64. The largest absolute Gasteiger partial charge is 0.0651 e. The van der Waals surface area contributed by atoms with Gasteiger partial charge in [0.05, 0.1) is 0 Å². The van der Waals surface area contributed by atoms with Gasteiger partial charge in [-0.3, -0.25) is 0 Å². The zero-order valence-electron chi connectivity index (χ0n) is 59.3. The Bertz CT molecular complexity index is 1300. The second-order valence-corrected chi connectivity index (χ2v) is 34.5. The average Bonchev–Trinajstić information content (AvgIpc) is 3.32. The van der Waals surface area contributed by atoms with Crippen LogP contribution in [0.1, 0.15) is 361 Å². The molecule has 0 saturated heterocycles. The van der Waals surface area contributed by atoms with E-state index in [-0.39, 0.29) is 0 Å². The van der Waals surface area contributed by atoms with Crippen LogP contribution >= 0.6 is 0 Å². The minimum Gasteiger partial charge on any atom is -0.0651 e. The lowest BCUT2D eigenvalue weighted by Crippen LogP contribution is -2.31. The minimum atomic E-state index is 0.681. The van der Waals surface area contributed by atoms with Crippen LogP contribution in [0.2, 0.25) is 0 Å². The van der Waals surface area contributed by atoms with Crippen molar-refractivity contribution < 1.29 is 0 Å². The molecule has 11 aliphatic rings. The summed E-state index contributed by atoms with van der Waals surface area (Å²) in [6.45, 7) is 65.4. The van der Waals surface area contributed by atoms with Gasteiger partial charge in [-0.05, 0) is 249 Å². The highest BCUT2D eigenvalue weighted by Crippen LogP contribution is 2.48. The third kappa shape index (κ3) is 28.4. The zero-order valence-corrected chi connectivity index (χ0v) is 59.3. The lowest BCUT2D eigenvalue weighted by Gasteiger charge is -2.42. The molecular weight excluding hydrogens is 925 g/mol. The first-order chi connectivity index (χ1) is 35.5. The normalized spacial score (nSPS) is 38.5. The summed E-state index contributed by atoms with van der Waals surface area (Å²) in [5.74, 6) is 18.6. The molecule has 10 atom stereocenters. The summed E-state index contributed by atoms with van der Waals surface area (Å²) in [5.41, 5.74) is 3.51. The van der Waals surface area contributed by atoms with Crippen molar-refractivity contribution in [1.29, 1.82) is 0 Å². The van der Waals surface area contributed by atoms with Gasteiger partial charge < -0.3 is 0 Å². The molecule has 0 amide bonds. The first kappa shape index (κ1) is 75.0. The molecule has 0 aromatic rings. The monoisotopic (exact) mass is 1080 g/mol. The van der Waals surface area contributed by atoms with E-state index in [1.165, 1.54) is 167 Å². The van der Waals surface area contributed by atoms with Gasteiger partial charge in [0.1, 0.15) is 0 Å². The third-order valence-electron chi connectivity index (χ3n) is 24.9. The molecule has 0 nitrogen and oxygen atoms in total. The van der Waals surface area contributed by atoms with Crippen molar-refractivity contribution in [2.24, 2.45) is 134 Å². The van der Waals surface area contributed by atoms with Gasteiger partial charge in [-0.25, -0.2) is 0 Å². The van der Waals surface area contributed by atoms with Gasteiger partial charge in [-0.1, -0.05) is 245 Å². The van der Waals surface area contributed by atoms with E-state index in [2.05, 4.69) is 194 Å². The smallest absolute Gasteiger partial charge is 0.0328 e. The van der Waals surface area contributed by atoms with Gasteiger partial charge in [0, 0.05) is 0 Å². The van der Waals surface area contributed by atoms with Gasteiger partial charge in [0.15, 0.2) is 0 Å². The van der Waals surface area contributed by atoms with E-state index in [4.69, 9.17) is 0 Å². The Hall–Kier alpha value is 0. The molecule has 0 heterocycles. The summed E-state index contributed by atoms with van der Waals surface area (Å²) < 4.78 is 0. The maximum absolute atomic E-state index is 2.39. The molecule has 0 bridgehead atoms. The Balaban J connectivity index is 0.000000423. The van der Waals surface area contributed by atoms with Gasteiger partial charge >= 0.3 is 0 Å². The molecule has 0 aromatic carbocycles. The van der Waals surface area contributed by atoms with E-state index in [1.807, 2.05) is 0 Å². The highest BCUT2D eigenvalue weighted by atomic mass is 14.4. The maximum atomic E-state index is 2.39. The van der Waals surface area contributed by atoms with Crippen LogP contribution in [0.15, 0.2) is 0 Å². The molecule has 11 saturated carbocycles. The number of rotatable bonds is 5. The van der Waals surface area contributed by atoms with Crippen LogP contribution in [0.5, 0.6) is 0 Å². The summed E-state index contributed by atoms with van der Waals surface area (Å²) in [6, 6.07) is 0. The molecule has 11 aliphatic carbocycles. The molecule has 0 aliphatic heterocycles. The van der Waals surface area contributed by atoms with Crippen molar-refractivity contribution in [3.05, 3.63) is 0 Å². The zero-order chi connectivity index (χ0) is 59.3. The Morgan fingerprint density at radius 3 is 0.610 bits per heavy atom. The average molecular weight is 1080 g/mol.